The second-order valence-corrected chi connectivity index (χ2v) is 17.6. The molecule has 0 unspecified atom stereocenters. The van der Waals surface area contributed by atoms with E-state index >= 15 is 0 Å². The molecule has 404 valence electrons. The lowest BCUT2D eigenvalue weighted by Crippen LogP contribution is -2.69. The molecule has 3 aliphatic rings. The molecule has 0 saturated carbocycles. The molecular weight excluding hydrogens is 975 g/mol. The normalized spacial score (nSPS) is 29.8. The first-order chi connectivity index (χ1) is 35.5. The number of benzene rings is 3. The Labute approximate surface area is 428 Å². The van der Waals surface area contributed by atoms with Gasteiger partial charge in [0.15, 0.2) is 49.4 Å². The lowest BCUT2D eigenvalue weighted by Gasteiger charge is -2.49. The molecule has 3 aromatic rings. The zero-order valence-corrected chi connectivity index (χ0v) is 42.2. The SMILES string of the molecule is COC[C@H]1O[C@H](OC[C@H]2O[C@@H](O)[C@H](OCc3ccccc3)[C@@H](OCc3ccccc3)[C@@H]2OCc2ccccc2)[C@@H](O[C@@H]2O[C@H](COC(C)=O)[C@@H](OC(C)=O)[C@H](OC(C)=O)[C@H]2NC(C)=O)[C@@H](OC(C)=O)[C@@H]1OC(C)=O. The average Bonchev–Trinajstić information content (AvgIpc) is 3.35. The summed E-state index contributed by atoms with van der Waals surface area (Å²) in [6, 6.07) is 26.5. The van der Waals surface area contributed by atoms with E-state index in [9.17, 15) is 33.9 Å². The molecule has 3 heterocycles. The minimum atomic E-state index is -1.77. The summed E-state index contributed by atoms with van der Waals surface area (Å²) < 4.78 is 85.7. The summed E-state index contributed by atoms with van der Waals surface area (Å²) in [5.74, 6) is -4.82. The van der Waals surface area contributed by atoms with Gasteiger partial charge in [-0.15, -0.1) is 0 Å². The van der Waals surface area contributed by atoms with Crippen LogP contribution in [0.3, 0.4) is 0 Å². The molecule has 0 aromatic heterocycles. The number of methoxy groups -OCH3 is 1. The fourth-order valence-corrected chi connectivity index (χ4v) is 8.76. The molecule has 22 heteroatoms. The van der Waals surface area contributed by atoms with E-state index in [1.807, 2.05) is 91.0 Å². The van der Waals surface area contributed by atoms with Crippen molar-refractivity contribution < 1.29 is 100 Å². The number of hydrogen-bond donors (Lipinski definition) is 2. The third-order valence-corrected chi connectivity index (χ3v) is 11.8. The Morgan fingerprint density at radius 2 is 0.892 bits per heavy atom. The van der Waals surface area contributed by atoms with Gasteiger partial charge in [-0.2, -0.15) is 0 Å². The Kier molecular flexibility index (Phi) is 21.8. The molecule has 0 aliphatic carbocycles. The van der Waals surface area contributed by atoms with Gasteiger partial charge in [-0.25, -0.2) is 0 Å². The number of aliphatic hydroxyl groups excluding tert-OH is 1. The van der Waals surface area contributed by atoms with Crippen molar-refractivity contribution in [3.8, 4) is 0 Å². The zero-order chi connectivity index (χ0) is 53.3. The van der Waals surface area contributed by atoms with Crippen LogP contribution in [0.25, 0.3) is 0 Å². The van der Waals surface area contributed by atoms with Crippen molar-refractivity contribution in [3.63, 3.8) is 0 Å². The second-order valence-electron chi connectivity index (χ2n) is 17.6. The van der Waals surface area contributed by atoms with Gasteiger partial charge in [0.1, 0.15) is 49.3 Å². The number of rotatable bonds is 23. The summed E-state index contributed by atoms with van der Waals surface area (Å²) in [6.45, 7) is 5.56. The molecular formula is C52H65NO21. The Hall–Kier alpha value is -5.92. The maximum atomic E-state index is 13.1. The van der Waals surface area contributed by atoms with Crippen LogP contribution in [-0.2, 0) is 115 Å². The van der Waals surface area contributed by atoms with Crippen LogP contribution < -0.4 is 5.32 Å². The van der Waals surface area contributed by atoms with Gasteiger partial charge in [0.05, 0.1) is 33.0 Å². The Bertz CT molecular complexity index is 2270. The summed E-state index contributed by atoms with van der Waals surface area (Å²) in [5.41, 5.74) is 2.43. The monoisotopic (exact) mass is 1040 g/mol. The van der Waals surface area contributed by atoms with Crippen LogP contribution in [-0.4, -0.2) is 160 Å². The Morgan fingerprint density at radius 3 is 1.38 bits per heavy atom. The largest absolute Gasteiger partial charge is 0.463 e. The maximum absolute atomic E-state index is 13.1. The van der Waals surface area contributed by atoms with Gasteiger partial charge in [-0.1, -0.05) is 91.0 Å². The number of amides is 1. The van der Waals surface area contributed by atoms with Crippen molar-refractivity contribution >= 4 is 35.8 Å². The van der Waals surface area contributed by atoms with Crippen molar-refractivity contribution in [1.29, 1.82) is 0 Å². The summed E-state index contributed by atoms with van der Waals surface area (Å²) in [5, 5.41) is 14.5. The molecule has 0 bridgehead atoms. The molecule has 3 fully saturated rings. The first-order valence-corrected chi connectivity index (χ1v) is 24.0. The fraction of sp³-hybridized carbons (Fsp3) is 0.538. The van der Waals surface area contributed by atoms with Crippen LogP contribution in [0, 0.1) is 0 Å². The molecule has 74 heavy (non-hydrogen) atoms. The fourth-order valence-electron chi connectivity index (χ4n) is 8.76. The number of aliphatic hydroxyl groups is 1. The highest BCUT2D eigenvalue weighted by Crippen LogP contribution is 2.36. The number of esters is 5. The Balaban J connectivity index is 1.41. The van der Waals surface area contributed by atoms with Crippen molar-refractivity contribution in [1.82, 2.24) is 5.32 Å². The quantitative estimate of drug-likeness (QED) is 0.102. The lowest BCUT2D eigenvalue weighted by atomic mass is 9.94. The van der Waals surface area contributed by atoms with Gasteiger partial charge in [-0.05, 0) is 16.7 Å². The van der Waals surface area contributed by atoms with E-state index in [0.29, 0.717) is 0 Å². The van der Waals surface area contributed by atoms with Crippen LogP contribution >= 0.6 is 0 Å². The van der Waals surface area contributed by atoms with Crippen molar-refractivity contribution in [2.24, 2.45) is 0 Å². The molecule has 22 nitrogen and oxygen atoms in total. The molecule has 3 saturated heterocycles. The molecule has 3 aromatic carbocycles. The van der Waals surface area contributed by atoms with E-state index in [1.54, 1.807) is 0 Å². The van der Waals surface area contributed by atoms with Crippen LogP contribution in [0.5, 0.6) is 0 Å². The predicted octanol–water partition coefficient (Wildman–Crippen LogP) is 2.75. The highest BCUT2D eigenvalue weighted by molar-refractivity contribution is 5.74. The molecule has 0 spiro atoms. The Morgan fingerprint density at radius 1 is 0.459 bits per heavy atom. The van der Waals surface area contributed by atoms with Gasteiger partial charge < -0.3 is 76.7 Å². The first-order valence-electron chi connectivity index (χ1n) is 24.0. The van der Waals surface area contributed by atoms with E-state index in [4.69, 9.17) is 66.3 Å². The van der Waals surface area contributed by atoms with Gasteiger partial charge >= 0.3 is 29.8 Å². The highest BCUT2D eigenvalue weighted by atomic mass is 16.8. The van der Waals surface area contributed by atoms with Crippen molar-refractivity contribution in [2.75, 3.05) is 26.9 Å². The average molecular weight is 1040 g/mol. The molecule has 6 rings (SSSR count). The van der Waals surface area contributed by atoms with E-state index in [1.165, 1.54) is 7.11 Å². The lowest BCUT2D eigenvalue weighted by molar-refractivity contribution is -0.366. The third kappa shape index (κ3) is 16.5. The van der Waals surface area contributed by atoms with E-state index < -0.39 is 141 Å². The topological polar surface area (TPSA) is 264 Å². The number of carbonyl (C=O) groups excluding carboxylic acids is 6. The van der Waals surface area contributed by atoms with E-state index in [-0.39, 0.29) is 26.4 Å². The van der Waals surface area contributed by atoms with Crippen molar-refractivity contribution in [3.05, 3.63) is 108 Å². The zero-order valence-electron chi connectivity index (χ0n) is 42.2. The highest BCUT2D eigenvalue weighted by Gasteiger charge is 2.57. The van der Waals surface area contributed by atoms with Gasteiger partial charge in [0.2, 0.25) is 5.91 Å². The van der Waals surface area contributed by atoms with Crippen molar-refractivity contribution in [2.45, 2.75) is 153 Å². The van der Waals surface area contributed by atoms with Gasteiger partial charge in [0.25, 0.3) is 0 Å². The summed E-state index contributed by atoms with van der Waals surface area (Å²) >= 11 is 0. The molecule has 15 atom stereocenters. The second kappa shape index (κ2) is 28.1. The summed E-state index contributed by atoms with van der Waals surface area (Å²) in [4.78, 5) is 76.1. The van der Waals surface area contributed by atoms with Gasteiger partial charge in [0, 0.05) is 48.7 Å². The van der Waals surface area contributed by atoms with E-state index in [0.717, 1.165) is 58.2 Å². The standard InChI is InChI=1S/C52H65NO21/c1-29(54)53-41-45(69-33(5)58)43(67-31(3)56)40(27-62-30(2)55)72-51(41)74-49-47(70-34(6)59)44(68-32(4)57)38(26-61-7)73-52(49)66-28-39-42(63-23-35-17-11-8-12-18-35)46(64-24-36-19-13-9-14-20-36)48(50(60)71-39)65-25-37-21-15-10-16-22-37/h8-22,38-52,60H,23-28H2,1-7H3,(H,53,54)/t38-,39-,40-,41-,42-,43-,44-,45-,46+,47+,48-,49+,50-,51+,52+/m1/s1. The number of nitrogens with one attached hydrogen (secondary N) is 1. The molecule has 3 aliphatic heterocycles. The van der Waals surface area contributed by atoms with Crippen LogP contribution in [0.2, 0.25) is 0 Å². The summed E-state index contributed by atoms with van der Waals surface area (Å²) in [6.07, 6.45) is -19.9. The van der Waals surface area contributed by atoms with E-state index in [2.05, 4.69) is 5.32 Å². The molecule has 0 radical (unpaired) electrons. The van der Waals surface area contributed by atoms with Crippen LogP contribution in [0.15, 0.2) is 91.0 Å². The minimum absolute atomic E-state index is 0.0497. The number of carbonyl (C=O) groups is 6. The molecule has 1 amide bonds. The van der Waals surface area contributed by atoms with Crippen LogP contribution in [0.4, 0.5) is 0 Å². The summed E-state index contributed by atoms with van der Waals surface area (Å²) in [7, 11) is 1.36. The third-order valence-electron chi connectivity index (χ3n) is 11.8. The smallest absolute Gasteiger partial charge is 0.303 e. The van der Waals surface area contributed by atoms with Gasteiger partial charge in [-0.3, -0.25) is 28.8 Å². The molecule has 2 N–H and O–H groups in total. The minimum Gasteiger partial charge on any atom is -0.463 e. The maximum Gasteiger partial charge on any atom is 0.303 e. The predicted molar refractivity (Wildman–Crippen MR) is 252 cm³/mol. The number of hydrogen-bond acceptors (Lipinski definition) is 21. The number of ether oxygens (including phenoxy) is 14. The first kappa shape index (κ1) is 57.4. The van der Waals surface area contributed by atoms with Crippen LogP contribution in [0.1, 0.15) is 58.2 Å².